The van der Waals surface area contributed by atoms with E-state index in [2.05, 4.69) is 26.7 Å². The van der Waals surface area contributed by atoms with E-state index in [1.165, 1.54) is 0 Å². The maximum atomic E-state index is 4.60. The Balaban J connectivity index is 2.38. The summed E-state index contributed by atoms with van der Waals surface area (Å²) in [6.45, 7) is 3.50. The first kappa shape index (κ1) is 5.81. The van der Waals surface area contributed by atoms with Crippen molar-refractivity contribution in [3.05, 3.63) is 18.2 Å². The number of aromatic amines is 1. The molecule has 9 heavy (non-hydrogen) atoms. The molecule has 48 valence electrons. The van der Waals surface area contributed by atoms with Crippen molar-refractivity contribution in [2.24, 2.45) is 5.16 Å². The first-order chi connectivity index (χ1) is 4.43. The summed E-state index contributed by atoms with van der Waals surface area (Å²) in [5, 5.41) is 3.20. The van der Waals surface area contributed by atoms with Crippen LogP contribution in [0.3, 0.4) is 0 Å². The van der Waals surface area contributed by atoms with E-state index in [4.69, 9.17) is 0 Å². The van der Waals surface area contributed by atoms with Crippen LogP contribution in [-0.2, 0) is 11.4 Å². The summed E-state index contributed by atoms with van der Waals surface area (Å²) in [6.07, 6.45) is 3.38. The normalized spacial score (nSPS) is 8.89. The van der Waals surface area contributed by atoms with Gasteiger partial charge < -0.3 is 9.82 Å². The van der Waals surface area contributed by atoms with E-state index in [1.54, 1.807) is 12.4 Å². The van der Waals surface area contributed by atoms with Crippen LogP contribution in [0.5, 0.6) is 0 Å². The molecule has 0 amide bonds. The molecule has 0 aliphatic carbocycles. The van der Waals surface area contributed by atoms with Crippen molar-refractivity contribution in [1.82, 2.24) is 9.97 Å². The quantitative estimate of drug-likeness (QED) is 0.473. The van der Waals surface area contributed by atoms with Gasteiger partial charge in [0, 0.05) is 19.1 Å². The largest absolute Gasteiger partial charge is 0.388 e. The van der Waals surface area contributed by atoms with Crippen LogP contribution >= 0.6 is 0 Å². The lowest BCUT2D eigenvalue weighted by atomic mass is 10.7. The van der Waals surface area contributed by atoms with Crippen LogP contribution in [0.25, 0.3) is 0 Å². The number of nitrogens with one attached hydrogen (secondary N) is 1. The zero-order chi connectivity index (χ0) is 6.53. The van der Waals surface area contributed by atoms with Crippen molar-refractivity contribution >= 4 is 6.72 Å². The lowest BCUT2D eigenvalue weighted by molar-refractivity contribution is 0.128. The summed E-state index contributed by atoms with van der Waals surface area (Å²) >= 11 is 0. The van der Waals surface area contributed by atoms with Gasteiger partial charge in [0.2, 0.25) is 0 Å². The summed E-state index contributed by atoms with van der Waals surface area (Å²) in [7, 11) is 0. The molecule has 1 aromatic rings. The Bertz CT molecular complexity index is 170. The molecule has 0 bridgehead atoms. The van der Waals surface area contributed by atoms with Crippen molar-refractivity contribution in [2.75, 3.05) is 0 Å². The second kappa shape index (κ2) is 2.86. The lowest BCUT2D eigenvalue weighted by Crippen LogP contribution is -1.87. The Labute approximate surface area is 52.6 Å². The number of nitrogens with zero attached hydrogens (tertiary/aromatic N) is 2. The van der Waals surface area contributed by atoms with Crippen molar-refractivity contribution in [3.63, 3.8) is 0 Å². The Kier molecular flexibility index (Phi) is 1.85. The van der Waals surface area contributed by atoms with E-state index in [-0.39, 0.29) is 0 Å². The molecule has 0 fully saturated rings. The standard InChI is InChI=1S/C5H7N3O/c1-6-9-4-5-7-2-3-8-5/h2-3H,1,4H2,(H,7,8). The lowest BCUT2D eigenvalue weighted by Gasteiger charge is -1.90. The molecule has 0 atom stereocenters. The average molecular weight is 125 g/mol. The van der Waals surface area contributed by atoms with E-state index < -0.39 is 0 Å². The first-order valence-electron chi connectivity index (χ1n) is 2.49. The molecule has 4 heteroatoms. The Morgan fingerprint density at radius 3 is 3.33 bits per heavy atom. The fourth-order valence-corrected chi connectivity index (χ4v) is 0.484. The molecule has 0 aromatic carbocycles. The molecule has 0 aliphatic rings. The highest BCUT2D eigenvalue weighted by Gasteiger charge is 1.90. The second-order valence-corrected chi connectivity index (χ2v) is 1.44. The molecule has 4 nitrogen and oxygen atoms in total. The van der Waals surface area contributed by atoms with Gasteiger partial charge in [0.05, 0.1) is 0 Å². The first-order valence-corrected chi connectivity index (χ1v) is 2.49. The van der Waals surface area contributed by atoms with Crippen molar-refractivity contribution in [1.29, 1.82) is 0 Å². The summed E-state index contributed by atoms with van der Waals surface area (Å²) in [5.74, 6) is 0.752. The zero-order valence-corrected chi connectivity index (χ0v) is 4.87. The molecule has 0 saturated heterocycles. The van der Waals surface area contributed by atoms with Gasteiger partial charge in [-0.2, -0.15) is 0 Å². The Morgan fingerprint density at radius 2 is 2.78 bits per heavy atom. The van der Waals surface area contributed by atoms with Crippen LogP contribution in [0.15, 0.2) is 17.5 Å². The van der Waals surface area contributed by atoms with Crippen molar-refractivity contribution in [3.8, 4) is 0 Å². The maximum Gasteiger partial charge on any atom is 0.174 e. The van der Waals surface area contributed by atoms with Gasteiger partial charge in [-0.15, -0.1) is 5.16 Å². The number of hydrogen-bond acceptors (Lipinski definition) is 3. The summed E-state index contributed by atoms with van der Waals surface area (Å²) < 4.78 is 0. The minimum atomic E-state index is 0.358. The smallest absolute Gasteiger partial charge is 0.174 e. The molecule has 0 saturated carbocycles. The minimum Gasteiger partial charge on any atom is -0.388 e. The average Bonchev–Trinajstić information content (AvgIpc) is 2.34. The number of rotatable bonds is 3. The third kappa shape index (κ3) is 1.56. The van der Waals surface area contributed by atoms with Gasteiger partial charge in [-0.05, 0) is 0 Å². The fraction of sp³-hybridized carbons (Fsp3) is 0.200. The highest BCUT2D eigenvalue weighted by molar-refractivity contribution is 5.21. The molecule has 1 N–H and O–H groups in total. The van der Waals surface area contributed by atoms with Gasteiger partial charge >= 0.3 is 0 Å². The van der Waals surface area contributed by atoms with Crippen LogP contribution in [0.4, 0.5) is 0 Å². The van der Waals surface area contributed by atoms with Gasteiger partial charge in [-0.1, -0.05) is 0 Å². The molecular formula is C5H7N3O. The van der Waals surface area contributed by atoms with Crippen molar-refractivity contribution < 1.29 is 4.84 Å². The number of aromatic nitrogens is 2. The Morgan fingerprint density at radius 1 is 1.89 bits per heavy atom. The Hall–Kier alpha value is -1.32. The summed E-state index contributed by atoms with van der Waals surface area (Å²) in [5.41, 5.74) is 0. The predicted molar refractivity (Wildman–Crippen MR) is 32.9 cm³/mol. The van der Waals surface area contributed by atoms with Gasteiger partial charge in [-0.3, -0.25) is 0 Å². The minimum absolute atomic E-state index is 0.358. The molecule has 0 spiro atoms. The van der Waals surface area contributed by atoms with Crippen LogP contribution in [0.1, 0.15) is 5.82 Å². The number of hydrogen-bond donors (Lipinski definition) is 1. The van der Waals surface area contributed by atoms with Crippen LogP contribution in [-0.4, -0.2) is 16.7 Å². The molecule has 1 aromatic heterocycles. The molecule has 1 rings (SSSR count). The predicted octanol–water partition coefficient (Wildman–Crippen LogP) is 0.542. The van der Waals surface area contributed by atoms with E-state index in [9.17, 15) is 0 Å². The van der Waals surface area contributed by atoms with Crippen LogP contribution in [0, 0.1) is 0 Å². The zero-order valence-electron chi connectivity index (χ0n) is 4.87. The van der Waals surface area contributed by atoms with E-state index in [0.717, 1.165) is 5.82 Å². The molecule has 0 unspecified atom stereocenters. The van der Waals surface area contributed by atoms with Crippen molar-refractivity contribution in [2.45, 2.75) is 6.61 Å². The summed E-state index contributed by atoms with van der Waals surface area (Å²) in [4.78, 5) is 11.3. The highest BCUT2D eigenvalue weighted by Crippen LogP contribution is 1.90. The third-order valence-electron chi connectivity index (χ3n) is 0.847. The molecular weight excluding hydrogens is 118 g/mol. The molecule has 0 radical (unpaired) electrons. The number of oxime groups is 1. The van der Waals surface area contributed by atoms with E-state index in [1.807, 2.05) is 0 Å². The third-order valence-corrected chi connectivity index (χ3v) is 0.847. The fourth-order valence-electron chi connectivity index (χ4n) is 0.484. The number of imidazole rings is 1. The van der Waals surface area contributed by atoms with Gasteiger partial charge in [0.1, 0.15) is 5.82 Å². The molecule has 0 aliphatic heterocycles. The van der Waals surface area contributed by atoms with Crippen LogP contribution < -0.4 is 0 Å². The topological polar surface area (TPSA) is 50.3 Å². The van der Waals surface area contributed by atoms with E-state index in [0.29, 0.717) is 6.61 Å². The number of H-pyrrole nitrogens is 1. The van der Waals surface area contributed by atoms with Gasteiger partial charge in [-0.25, -0.2) is 4.98 Å². The van der Waals surface area contributed by atoms with Crippen LogP contribution in [0.2, 0.25) is 0 Å². The summed E-state index contributed by atoms with van der Waals surface area (Å²) in [6, 6.07) is 0. The van der Waals surface area contributed by atoms with Gasteiger partial charge in [0.15, 0.2) is 6.61 Å². The van der Waals surface area contributed by atoms with Gasteiger partial charge in [0.25, 0.3) is 0 Å². The SMILES string of the molecule is C=NOCc1ncc[nH]1. The maximum absolute atomic E-state index is 4.60. The highest BCUT2D eigenvalue weighted by atomic mass is 16.6. The second-order valence-electron chi connectivity index (χ2n) is 1.44. The molecule has 1 heterocycles. The van der Waals surface area contributed by atoms with E-state index >= 15 is 0 Å². The monoisotopic (exact) mass is 125 g/mol.